The number of piperazine rings is 1. The molecule has 0 spiro atoms. The molecule has 0 atom stereocenters. The Balaban J connectivity index is 0.000000517. The Morgan fingerprint density at radius 1 is 1.07 bits per heavy atom. The third-order valence-electron chi connectivity index (χ3n) is 6.37. The topological polar surface area (TPSA) is 139 Å². The number of nitrogens with zero attached hydrogens (tertiary/aromatic N) is 2. The van der Waals surface area contributed by atoms with Gasteiger partial charge < -0.3 is 26.0 Å². The van der Waals surface area contributed by atoms with Gasteiger partial charge in [-0.05, 0) is 67.8 Å². The Morgan fingerprint density at radius 3 is 2.38 bits per heavy atom. The van der Waals surface area contributed by atoms with Crippen LogP contribution in [0.4, 0.5) is 24.7 Å². The van der Waals surface area contributed by atoms with Crippen molar-refractivity contribution in [2.75, 3.05) is 29.9 Å². The zero-order chi connectivity index (χ0) is 30.5. The first kappa shape index (κ1) is 30.5. The Morgan fingerprint density at radius 2 is 1.76 bits per heavy atom. The summed E-state index contributed by atoms with van der Waals surface area (Å²) in [5, 5.41) is 26.3. The quantitative estimate of drug-likeness (QED) is 0.217. The average Bonchev–Trinajstić information content (AvgIpc) is 3.61. The smallest absolute Gasteiger partial charge is 0.475 e. The molecule has 4 aromatic rings. The summed E-state index contributed by atoms with van der Waals surface area (Å²) >= 11 is 1.60. The molecule has 0 unspecified atom stereocenters. The standard InChI is InChI=1S/C26H28N6O2S.C2HF3O2/c1-26(2)16-32(12-11-28-26)19-8-5-17(6-9-19)25(34)29-23-21-14-18(7-10-22(21)30-31-23)24(33)27-15-20-4-3-13-35-20;3-2(4,5)1(6)7/h3-10,13-14,28H,11-12,15-16H2,1-2H3,(H,27,33)(H2,29,30,31,34);(H,6,7). The van der Waals surface area contributed by atoms with Crippen molar-refractivity contribution in [2.45, 2.75) is 32.1 Å². The van der Waals surface area contributed by atoms with Crippen LogP contribution in [0.15, 0.2) is 60.0 Å². The molecule has 1 aliphatic heterocycles. The summed E-state index contributed by atoms with van der Waals surface area (Å²) in [6.07, 6.45) is -5.08. The van der Waals surface area contributed by atoms with E-state index in [0.717, 1.165) is 35.7 Å². The maximum Gasteiger partial charge on any atom is 0.490 e. The van der Waals surface area contributed by atoms with Gasteiger partial charge in [-0.25, -0.2) is 4.79 Å². The van der Waals surface area contributed by atoms with E-state index >= 15 is 0 Å². The Kier molecular flexibility index (Phi) is 9.17. The van der Waals surface area contributed by atoms with Crippen molar-refractivity contribution in [1.82, 2.24) is 20.8 Å². The number of hydrogen-bond acceptors (Lipinski definition) is 7. The normalized spacial score (nSPS) is 14.5. The third kappa shape index (κ3) is 7.85. The lowest BCUT2D eigenvalue weighted by Crippen LogP contribution is -2.57. The zero-order valence-corrected chi connectivity index (χ0v) is 23.5. The van der Waals surface area contributed by atoms with Crippen molar-refractivity contribution in [3.63, 3.8) is 0 Å². The highest BCUT2D eigenvalue weighted by Gasteiger charge is 2.38. The van der Waals surface area contributed by atoms with Gasteiger partial charge in [-0.3, -0.25) is 14.7 Å². The van der Waals surface area contributed by atoms with Crippen LogP contribution >= 0.6 is 11.3 Å². The predicted octanol–water partition coefficient (Wildman–Crippen LogP) is 4.63. The number of anilines is 2. The van der Waals surface area contributed by atoms with E-state index in [9.17, 15) is 22.8 Å². The largest absolute Gasteiger partial charge is 0.490 e. The number of carbonyl (C=O) groups is 3. The highest BCUT2D eigenvalue weighted by molar-refractivity contribution is 7.09. The summed E-state index contributed by atoms with van der Waals surface area (Å²) in [6, 6.07) is 16.8. The fraction of sp³-hybridized carbons (Fsp3) is 0.286. The first-order valence-electron chi connectivity index (χ1n) is 12.8. The van der Waals surface area contributed by atoms with Gasteiger partial charge in [-0.2, -0.15) is 18.3 Å². The number of carboxylic acids is 1. The molecule has 1 fully saturated rings. The van der Waals surface area contributed by atoms with Crippen LogP contribution in [-0.4, -0.2) is 64.4 Å². The molecule has 222 valence electrons. The van der Waals surface area contributed by atoms with Crippen LogP contribution in [0, 0.1) is 0 Å². The molecular formula is C28H29F3N6O4S. The van der Waals surface area contributed by atoms with Crippen LogP contribution < -0.4 is 20.9 Å². The van der Waals surface area contributed by atoms with Crippen LogP contribution in [-0.2, 0) is 11.3 Å². The maximum atomic E-state index is 12.9. The summed E-state index contributed by atoms with van der Waals surface area (Å²) in [5.74, 6) is -2.79. The number of aromatic nitrogens is 2. The minimum atomic E-state index is -5.08. The van der Waals surface area contributed by atoms with Crippen molar-refractivity contribution < 1.29 is 32.7 Å². The first-order chi connectivity index (χ1) is 19.8. The summed E-state index contributed by atoms with van der Waals surface area (Å²) in [7, 11) is 0. The van der Waals surface area contributed by atoms with Crippen LogP contribution in [0.3, 0.4) is 0 Å². The van der Waals surface area contributed by atoms with Gasteiger partial charge in [-0.1, -0.05) is 6.07 Å². The fourth-order valence-electron chi connectivity index (χ4n) is 4.30. The van der Waals surface area contributed by atoms with Crippen molar-refractivity contribution in [2.24, 2.45) is 0 Å². The molecule has 10 nitrogen and oxygen atoms in total. The van der Waals surface area contributed by atoms with Crippen molar-refractivity contribution in [1.29, 1.82) is 0 Å². The van der Waals surface area contributed by atoms with E-state index in [1.165, 1.54) is 0 Å². The van der Waals surface area contributed by atoms with E-state index < -0.39 is 12.1 Å². The van der Waals surface area contributed by atoms with Crippen LogP contribution in [0.25, 0.3) is 10.9 Å². The van der Waals surface area contributed by atoms with Gasteiger partial charge in [0.25, 0.3) is 11.8 Å². The second-order valence-corrected chi connectivity index (χ2v) is 11.2. The number of carbonyl (C=O) groups excluding carboxylic acids is 2. The molecule has 42 heavy (non-hydrogen) atoms. The van der Waals surface area contributed by atoms with E-state index in [2.05, 4.69) is 44.9 Å². The van der Waals surface area contributed by atoms with E-state index in [-0.39, 0.29) is 17.4 Å². The third-order valence-corrected chi connectivity index (χ3v) is 7.25. The highest BCUT2D eigenvalue weighted by Crippen LogP contribution is 2.24. The number of aromatic amines is 1. The number of nitrogens with one attached hydrogen (secondary N) is 4. The molecular weight excluding hydrogens is 573 g/mol. The summed E-state index contributed by atoms with van der Waals surface area (Å²) < 4.78 is 31.7. The van der Waals surface area contributed by atoms with E-state index in [1.54, 1.807) is 29.5 Å². The number of H-pyrrole nitrogens is 1. The molecule has 0 radical (unpaired) electrons. The van der Waals surface area contributed by atoms with E-state index in [4.69, 9.17) is 9.90 Å². The molecule has 3 heterocycles. The number of aliphatic carboxylic acids is 1. The molecule has 0 aliphatic carbocycles. The molecule has 5 N–H and O–H groups in total. The summed E-state index contributed by atoms with van der Waals surface area (Å²) in [4.78, 5) is 37.9. The molecule has 2 aromatic heterocycles. The van der Waals surface area contributed by atoms with Crippen LogP contribution in [0.2, 0.25) is 0 Å². The minimum absolute atomic E-state index is 0.0506. The highest BCUT2D eigenvalue weighted by atomic mass is 32.1. The average molecular weight is 603 g/mol. The summed E-state index contributed by atoms with van der Waals surface area (Å²) in [5.41, 5.74) is 2.94. The number of halogens is 3. The van der Waals surface area contributed by atoms with Gasteiger partial charge in [-0.15, -0.1) is 11.3 Å². The molecule has 0 saturated carbocycles. The van der Waals surface area contributed by atoms with Crippen molar-refractivity contribution in [3.8, 4) is 0 Å². The molecule has 1 aliphatic rings. The molecule has 0 bridgehead atoms. The monoisotopic (exact) mass is 602 g/mol. The van der Waals surface area contributed by atoms with Gasteiger partial charge in [0.1, 0.15) is 0 Å². The Hall–Kier alpha value is -4.43. The molecule has 2 amide bonds. The number of alkyl halides is 3. The maximum absolute atomic E-state index is 12.9. The summed E-state index contributed by atoms with van der Waals surface area (Å²) in [6.45, 7) is 7.61. The number of thiophene rings is 1. The van der Waals surface area contributed by atoms with Crippen molar-refractivity contribution >= 4 is 51.5 Å². The predicted molar refractivity (Wildman–Crippen MR) is 154 cm³/mol. The lowest BCUT2D eigenvalue weighted by atomic mass is 10.0. The van der Waals surface area contributed by atoms with Gasteiger partial charge >= 0.3 is 12.1 Å². The number of amides is 2. The number of benzene rings is 2. The van der Waals surface area contributed by atoms with Gasteiger partial charge in [0.05, 0.1) is 12.1 Å². The van der Waals surface area contributed by atoms with Crippen molar-refractivity contribution in [3.05, 3.63) is 76.0 Å². The van der Waals surface area contributed by atoms with Gasteiger partial charge in [0, 0.05) is 52.3 Å². The number of hydrogen-bond donors (Lipinski definition) is 5. The zero-order valence-electron chi connectivity index (χ0n) is 22.7. The first-order valence-corrected chi connectivity index (χ1v) is 13.7. The van der Waals surface area contributed by atoms with Gasteiger partial charge in [0.15, 0.2) is 5.82 Å². The second kappa shape index (κ2) is 12.6. The number of rotatable bonds is 6. The van der Waals surface area contributed by atoms with Gasteiger partial charge in [0.2, 0.25) is 0 Å². The minimum Gasteiger partial charge on any atom is -0.475 e. The molecule has 14 heteroatoms. The SMILES string of the molecule is CC1(C)CN(c2ccc(C(=O)Nc3n[nH]c4ccc(C(=O)NCc5cccs5)cc34)cc2)CCN1.O=C(O)C(F)(F)F. The molecule has 2 aromatic carbocycles. The van der Waals surface area contributed by atoms with E-state index in [0.29, 0.717) is 28.9 Å². The number of fused-ring (bicyclic) bond motifs is 1. The molecule has 5 rings (SSSR count). The molecule has 1 saturated heterocycles. The lowest BCUT2D eigenvalue weighted by Gasteiger charge is -2.40. The van der Waals surface area contributed by atoms with Crippen LogP contribution in [0.1, 0.15) is 39.4 Å². The Bertz CT molecular complexity index is 1550. The van der Waals surface area contributed by atoms with Crippen LogP contribution in [0.5, 0.6) is 0 Å². The number of carboxylic acid groups (broad SMARTS) is 1. The fourth-order valence-corrected chi connectivity index (χ4v) is 4.94. The van der Waals surface area contributed by atoms with E-state index in [1.807, 2.05) is 41.8 Å². The Labute approximate surface area is 242 Å². The lowest BCUT2D eigenvalue weighted by molar-refractivity contribution is -0.192. The second-order valence-electron chi connectivity index (χ2n) is 10.1.